The number of nitrogens with zero attached hydrogens (tertiary/aromatic N) is 4. The average molecular weight is 290 g/mol. The van der Waals surface area contributed by atoms with E-state index in [1.807, 2.05) is 19.1 Å². The lowest BCUT2D eigenvalue weighted by atomic mass is 10.1. The second-order valence-corrected chi connectivity index (χ2v) is 5.34. The molecule has 6 nitrogen and oxygen atoms in total. The number of hydrogen-bond acceptors (Lipinski definition) is 3. The molecule has 1 unspecified atom stereocenters. The Morgan fingerprint density at radius 3 is 2.76 bits per heavy atom. The summed E-state index contributed by atoms with van der Waals surface area (Å²) in [7, 11) is 3.54. The van der Waals surface area contributed by atoms with Crippen molar-refractivity contribution in [2.45, 2.75) is 19.4 Å². The van der Waals surface area contributed by atoms with E-state index in [1.54, 1.807) is 41.2 Å². The highest BCUT2D eigenvalue weighted by Crippen LogP contribution is 2.22. The van der Waals surface area contributed by atoms with Crippen LogP contribution in [-0.4, -0.2) is 65.4 Å². The number of pyridine rings is 1. The van der Waals surface area contributed by atoms with E-state index in [1.165, 1.54) is 0 Å². The van der Waals surface area contributed by atoms with Crippen molar-refractivity contribution in [3.63, 3.8) is 0 Å². The molecule has 0 saturated carbocycles. The van der Waals surface area contributed by atoms with Crippen LogP contribution in [0, 0.1) is 0 Å². The summed E-state index contributed by atoms with van der Waals surface area (Å²) in [5, 5.41) is 0. The van der Waals surface area contributed by atoms with Crippen molar-refractivity contribution in [2.75, 3.05) is 33.7 Å². The largest absolute Gasteiger partial charge is 0.337 e. The summed E-state index contributed by atoms with van der Waals surface area (Å²) in [5.74, 6) is -0.0469. The molecule has 1 aliphatic rings. The van der Waals surface area contributed by atoms with Crippen LogP contribution in [0.2, 0.25) is 0 Å². The Balaban J connectivity index is 2.02. The molecule has 0 bridgehead atoms. The van der Waals surface area contributed by atoms with Gasteiger partial charge in [-0.15, -0.1) is 0 Å². The van der Waals surface area contributed by atoms with Crippen molar-refractivity contribution in [3.05, 3.63) is 30.1 Å². The molecule has 0 radical (unpaired) electrons. The fraction of sp³-hybridized carbons (Fsp3) is 0.533. The van der Waals surface area contributed by atoms with Crippen molar-refractivity contribution >= 4 is 11.9 Å². The molecule has 0 aromatic carbocycles. The summed E-state index contributed by atoms with van der Waals surface area (Å²) in [5.41, 5.74) is 1.01. The van der Waals surface area contributed by atoms with Crippen LogP contribution in [0.15, 0.2) is 24.5 Å². The molecular weight excluding hydrogens is 268 g/mol. The van der Waals surface area contributed by atoms with Gasteiger partial charge in [0.1, 0.15) is 6.54 Å². The fourth-order valence-corrected chi connectivity index (χ4v) is 2.60. The maximum atomic E-state index is 12.4. The quantitative estimate of drug-likeness (QED) is 0.822. The van der Waals surface area contributed by atoms with Gasteiger partial charge >= 0.3 is 6.03 Å². The van der Waals surface area contributed by atoms with E-state index in [9.17, 15) is 9.59 Å². The fourth-order valence-electron chi connectivity index (χ4n) is 2.60. The second-order valence-electron chi connectivity index (χ2n) is 5.34. The van der Waals surface area contributed by atoms with Crippen molar-refractivity contribution in [3.8, 4) is 0 Å². The molecule has 0 N–H and O–H groups in total. The highest BCUT2D eigenvalue weighted by Gasteiger charge is 2.29. The topological polar surface area (TPSA) is 56.8 Å². The number of carbonyl (C=O) groups is 2. The zero-order chi connectivity index (χ0) is 15.4. The maximum absolute atomic E-state index is 12.4. The molecule has 1 saturated heterocycles. The summed E-state index contributed by atoms with van der Waals surface area (Å²) in [6.07, 6.45) is 4.31. The number of rotatable bonds is 5. The van der Waals surface area contributed by atoms with E-state index in [0.29, 0.717) is 13.1 Å². The molecule has 2 heterocycles. The minimum atomic E-state index is -0.0776. The minimum absolute atomic E-state index is 0.0124. The van der Waals surface area contributed by atoms with Gasteiger partial charge < -0.3 is 14.7 Å². The Bertz CT molecular complexity index is 506. The standard InChI is InChI=1S/C15H22N4O2/c1-4-13(12-6-5-7-16-10-12)18(3)14(20)11-19-9-8-17(2)15(19)21/h5-7,10,13H,4,8-9,11H2,1-3H3. The van der Waals surface area contributed by atoms with Gasteiger partial charge in [-0.1, -0.05) is 13.0 Å². The lowest BCUT2D eigenvalue weighted by Gasteiger charge is -2.29. The van der Waals surface area contributed by atoms with E-state index in [2.05, 4.69) is 4.98 Å². The Hall–Kier alpha value is -2.11. The van der Waals surface area contributed by atoms with E-state index >= 15 is 0 Å². The molecule has 114 valence electrons. The Labute approximate surface area is 125 Å². The number of amides is 3. The summed E-state index contributed by atoms with van der Waals surface area (Å²) >= 11 is 0. The molecular formula is C15H22N4O2. The average Bonchev–Trinajstić information content (AvgIpc) is 2.81. The normalized spacial score (nSPS) is 16.2. The van der Waals surface area contributed by atoms with Gasteiger partial charge in [0.2, 0.25) is 5.91 Å². The van der Waals surface area contributed by atoms with Crippen LogP contribution in [-0.2, 0) is 4.79 Å². The van der Waals surface area contributed by atoms with Gasteiger partial charge in [0.25, 0.3) is 0 Å². The first kappa shape index (κ1) is 15.3. The molecule has 21 heavy (non-hydrogen) atoms. The minimum Gasteiger partial charge on any atom is -0.337 e. The van der Waals surface area contributed by atoms with Crippen molar-refractivity contribution < 1.29 is 9.59 Å². The Morgan fingerprint density at radius 1 is 1.48 bits per heavy atom. The molecule has 0 spiro atoms. The number of hydrogen-bond donors (Lipinski definition) is 0. The summed E-state index contributed by atoms with van der Waals surface area (Å²) in [6, 6.07) is 3.75. The first-order chi connectivity index (χ1) is 10.0. The smallest absolute Gasteiger partial charge is 0.320 e. The molecule has 0 aliphatic carbocycles. The van der Waals surface area contributed by atoms with Gasteiger partial charge in [-0.25, -0.2) is 4.79 Å². The van der Waals surface area contributed by atoms with Gasteiger partial charge in [0, 0.05) is 39.6 Å². The third-order valence-corrected chi connectivity index (χ3v) is 3.95. The molecule has 3 amide bonds. The number of carbonyl (C=O) groups excluding carboxylic acids is 2. The molecule has 1 aromatic heterocycles. The zero-order valence-corrected chi connectivity index (χ0v) is 12.8. The molecule has 1 aliphatic heterocycles. The lowest BCUT2D eigenvalue weighted by Crippen LogP contribution is -2.41. The molecule has 1 atom stereocenters. The number of likely N-dealkylation sites (N-methyl/N-ethyl adjacent to an activating group) is 2. The third-order valence-electron chi connectivity index (χ3n) is 3.95. The second kappa shape index (κ2) is 6.56. The van der Waals surface area contributed by atoms with Gasteiger partial charge in [-0.3, -0.25) is 9.78 Å². The van der Waals surface area contributed by atoms with E-state index < -0.39 is 0 Å². The summed E-state index contributed by atoms with van der Waals surface area (Å²) in [4.78, 5) is 33.3. The lowest BCUT2D eigenvalue weighted by molar-refractivity contribution is -0.132. The van der Waals surface area contributed by atoms with Crippen molar-refractivity contribution in [1.29, 1.82) is 0 Å². The Morgan fingerprint density at radius 2 is 2.24 bits per heavy atom. The number of urea groups is 1. The van der Waals surface area contributed by atoms with Gasteiger partial charge in [0.05, 0.1) is 6.04 Å². The first-order valence-corrected chi connectivity index (χ1v) is 7.20. The predicted molar refractivity (Wildman–Crippen MR) is 79.6 cm³/mol. The monoisotopic (exact) mass is 290 g/mol. The van der Waals surface area contributed by atoms with Crippen LogP contribution in [0.5, 0.6) is 0 Å². The first-order valence-electron chi connectivity index (χ1n) is 7.20. The summed E-state index contributed by atoms with van der Waals surface area (Å²) in [6.45, 7) is 3.46. The van der Waals surface area contributed by atoms with Crippen LogP contribution in [0.4, 0.5) is 4.79 Å². The van der Waals surface area contributed by atoms with Gasteiger partial charge in [-0.05, 0) is 18.1 Å². The number of aromatic nitrogens is 1. The van der Waals surface area contributed by atoms with E-state index in [-0.39, 0.29) is 24.5 Å². The van der Waals surface area contributed by atoms with Crippen LogP contribution in [0.1, 0.15) is 24.9 Å². The summed E-state index contributed by atoms with van der Waals surface area (Å²) < 4.78 is 0. The van der Waals surface area contributed by atoms with Gasteiger partial charge in [0.15, 0.2) is 0 Å². The van der Waals surface area contributed by atoms with Gasteiger partial charge in [-0.2, -0.15) is 0 Å². The highest BCUT2D eigenvalue weighted by molar-refractivity contribution is 5.85. The van der Waals surface area contributed by atoms with E-state index in [0.717, 1.165) is 12.0 Å². The maximum Gasteiger partial charge on any atom is 0.320 e. The SMILES string of the molecule is CCC(c1cccnc1)N(C)C(=O)CN1CCN(C)C1=O. The molecule has 2 rings (SSSR count). The Kier molecular flexibility index (Phi) is 4.77. The highest BCUT2D eigenvalue weighted by atomic mass is 16.2. The predicted octanol–water partition coefficient (Wildman–Crippen LogP) is 1.36. The van der Waals surface area contributed by atoms with Crippen molar-refractivity contribution in [1.82, 2.24) is 19.7 Å². The van der Waals surface area contributed by atoms with Crippen LogP contribution >= 0.6 is 0 Å². The zero-order valence-electron chi connectivity index (χ0n) is 12.8. The molecule has 6 heteroatoms. The van der Waals surface area contributed by atoms with Crippen molar-refractivity contribution in [2.24, 2.45) is 0 Å². The third kappa shape index (κ3) is 3.32. The van der Waals surface area contributed by atoms with Crippen LogP contribution < -0.4 is 0 Å². The van der Waals surface area contributed by atoms with Crippen LogP contribution in [0.25, 0.3) is 0 Å². The molecule has 1 aromatic rings. The van der Waals surface area contributed by atoms with Crippen LogP contribution in [0.3, 0.4) is 0 Å². The van der Waals surface area contributed by atoms with E-state index in [4.69, 9.17) is 0 Å². The molecule has 1 fully saturated rings.